The zero-order chi connectivity index (χ0) is 10.3. The lowest BCUT2D eigenvalue weighted by molar-refractivity contribution is -0.140. The average Bonchev–Trinajstić information content (AvgIpc) is 2.61. The molecular weight excluding hydrogens is 180 g/mol. The summed E-state index contributed by atoms with van der Waals surface area (Å²) in [6.45, 7) is 2.86. The number of carbonyl (C=O) groups is 2. The molecule has 0 aromatic carbocycles. The molecule has 0 aromatic heterocycles. The first kappa shape index (κ1) is 9.65. The Morgan fingerprint density at radius 2 is 1.79 bits per heavy atom. The van der Waals surface area contributed by atoms with Gasteiger partial charge in [-0.25, -0.2) is 0 Å². The zero-order valence-electron chi connectivity index (χ0n) is 8.40. The van der Waals surface area contributed by atoms with Crippen LogP contribution in [0, 0.1) is 17.8 Å². The minimum atomic E-state index is -0.0379. The highest BCUT2D eigenvalue weighted by Gasteiger charge is 2.51. The van der Waals surface area contributed by atoms with Gasteiger partial charge in [-0.1, -0.05) is 6.92 Å². The number of amides is 2. The molecule has 2 N–H and O–H groups in total. The Morgan fingerprint density at radius 1 is 1.29 bits per heavy atom. The minimum Gasteiger partial charge on any atom is -0.329 e. The Balaban J connectivity index is 2.15. The summed E-state index contributed by atoms with van der Waals surface area (Å²) in [5, 5.41) is 0. The maximum absolute atomic E-state index is 11.8. The molecule has 2 aliphatic rings. The number of hydrogen-bond acceptors (Lipinski definition) is 3. The fraction of sp³-hybridized carbons (Fsp3) is 0.800. The standard InChI is InChI=1S/C10H16N2O2/c1-6-4-7-8(5-6)10(14)12(3-2-11)9(7)13/h6-8H,2-5,11H2,1H3/t6?,7-,8+. The molecule has 2 rings (SSSR count). The largest absolute Gasteiger partial charge is 0.329 e. The molecule has 1 saturated carbocycles. The van der Waals surface area contributed by atoms with Gasteiger partial charge in [0.1, 0.15) is 0 Å². The number of fused-ring (bicyclic) bond motifs is 1. The molecule has 2 fully saturated rings. The summed E-state index contributed by atoms with van der Waals surface area (Å²) in [6.07, 6.45) is 1.74. The highest BCUT2D eigenvalue weighted by atomic mass is 16.2. The molecule has 0 aromatic rings. The van der Waals surface area contributed by atoms with Crippen molar-refractivity contribution >= 4 is 11.8 Å². The molecule has 1 heterocycles. The lowest BCUT2D eigenvalue weighted by Gasteiger charge is -2.15. The van der Waals surface area contributed by atoms with E-state index in [-0.39, 0.29) is 23.7 Å². The monoisotopic (exact) mass is 196 g/mol. The maximum Gasteiger partial charge on any atom is 0.233 e. The number of nitrogens with two attached hydrogens (primary N) is 1. The summed E-state index contributed by atoms with van der Waals surface area (Å²) in [4.78, 5) is 24.9. The second-order valence-corrected chi connectivity index (χ2v) is 4.41. The van der Waals surface area contributed by atoms with Crippen LogP contribution in [0.2, 0.25) is 0 Å². The Bertz CT molecular complexity index is 253. The highest BCUT2D eigenvalue weighted by Crippen LogP contribution is 2.42. The summed E-state index contributed by atoms with van der Waals surface area (Å²) in [5.41, 5.74) is 5.36. The van der Waals surface area contributed by atoms with Gasteiger partial charge in [-0.15, -0.1) is 0 Å². The van der Waals surface area contributed by atoms with Gasteiger partial charge in [0.15, 0.2) is 0 Å². The van der Waals surface area contributed by atoms with Crippen molar-refractivity contribution in [1.82, 2.24) is 4.90 Å². The van der Waals surface area contributed by atoms with Crippen molar-refractivity contribution < 1.29 is 9.59 Å². The fourth-order valence-electron chi connectivity index (χ4n) is 2.70. The lowest BCUT2D eigenvalue weighted by atomic mass is 10.00. The van der Waals surface area contributed by atoms with Crippen LogP contribution in [0.3, 0.4) is 0 Å². The van der Waals surface area contributed by atoms with Gasteiger partial charge in [-0.2, -0.15) is 0 Å². The van der Waals surface area contributed by atoms with E-state index in [1.54, 1.807) is 0 Å². The van der Waals surface area contributed by atoms with Crippen molar-refractivity contribution in [3.05, 3.63) is 0 Å². The molecule has 14 heavy (non-hydrogen) atoms. The SMILES string of the molecule is CC1C[C@@H]2C(=O)N(CCN)C(=O)[C@@H]2C1. The molecule has 0 spiro atoms. The van der Waals surface area contributed by atoms with Gasteiger partial charge in [0, 0.05) is 13.1 Å². The van der Waals surface area contributed by atoms with Crippen molar-refractivity contribution in [2.75, 3.05) is 13.1 Å². The molecule has 1 saturated heterocycles. The van der Waals surface area contributed by atoms with Gasteiger partial charge in [0.25, 0.3) is 0 Å². The molecule has 4 nitrogen and oxygen atoms in total. The predicted molar refractivity (Wildman–Crippen MR) is 51.2 cm³/mol. The second-order valence-electron chi connectivity index (χ2n) is 4.41. The van der Waals surface area contributed by atoms with E-state index in [1.807, 2.05) is 0 Å². The quantitative estimate of drug-likeness (QED) is 0.631. The van der Waals surface area contributed by atoms with Crippen LogP contribution in [-0.4, -0.2) is 29.8 Å². The van der Waals surface area contributed by atoms with Gasteiger partial charge in [-0.05, 0) is 18.8 Å². The van der Waals surface area contributed by atoms with E-state index in [9.17, 15) is 9.59 Å². The van der Waals surface area contributed by atoms with Crippen LogP contribution >= 0.6 is 0 Å². The first-order chi connectivity index (χ1) is 6.65. The summed E-state index contributed by atoms with van der Waals surface area (Å²) >= 11 is 0. The Hall–Kier alpha value is -0.900. The third kappa shape index (κ3) is 1.25. The molecular formula is C10H16N2O2. The molecule has 0 radical (unpaired) electrons. The molecule has 2 amide bonds. The Morgan fingerprint density at radius 3 is 2.21 bits per heavy atom. The van der Waals surface area contributed by atoms with E-state index >= 15 is 0 Å². The molecule has 4 heteroatoms. The zero-order valence-corrected chi connectivity index (χ0v) is 8.40. The molecule has 1 unspecified atom stereocenters. The van der Waals surface area contributed by atoms with Crippen molar-refractivity contribution in [2.24, 2.45) is 23.5 Å². The first-order valence-corrected chi connectivity index (χ1v) is 5.20. The van der Waals surface area contributed by atoms with Crippen molar-refractivity contribution in [3.63, 3.8) is 0 Å². The van der Waals surface area contributed by atoms with E-state index in [1.165, 1.54) is 4.90 Å². The van der Waals surface area contributed by atoms with Crippen LogP contribution in [0.4, 0.5) is 0 Å². The Labute approximate surface area is 83.4 Å². The molecule has 1 aliphatic heterocycles. The first-order valence-electron chi connectivity index (χ1n) is 5.20. The van der Waals surface area contributed by atoms with Gasteiger partial charge in [0.05, 0.1) is 11.8 Å². The molecule has 3 atom stereocenters. The van der Waals surface area contributed by atoms with E-state index in [4.69, 9.17) is 5.73 Å². The van der Waals surface area contributed by atoms with Crippen LogP contribution in [0.15, 0.2) is 0 Å². The van der Waals surface area contributed by atoms with Gasteiger partial charge >= 0.3 is 0 Å². The van der Waals surface area contributed by atoms with Crippen molar-refractivity contribution in [2.45, 2.75) is 19.8 Å². The number of rotatable bonds is 2. The average molecular weight is 196 g/mol. The highest BCUT2D eigenvalue weighted by molar-refractivity contribution is 6.05. The van der Waals surface area contributed by atoms with Crippen molar-refractivity contribution in [1.29, 1.82) is 0 Å². The van der Waals surface area contributed by atoms with Gasteiger partial charge in [-0.3, -0.25) is 14.5 Å². The minimum absolute atomic E-state index is 0.00907. The number of carbonyl (C=O) groups excluding carboxylic acids is 2. The van der Waals surface area contributed by atoms with Crippen LogP contribution in [0.25, 0.3) is 0 Å². The maximum atomic E-state index is 11.8. The Kier molecular flexibility index (Phi) is 2.31. The van der Waals surface area contributed by atoms with E-state index in [0.29, 0.717) is 19.0 Å². The molecule has 0 bridgehead atoms. The van der Waals surface area contributed by atoms with Crippen LogP contribution in [0.1, 0.15) is 19.8 Å². The fourth-order valence-corrected chi connectivity index (χ4v) is 2.70. The lowest BCUT2D eigenvalue weighted by Crippen LogP contribution is -2.36. The van der Waals surface area contributed by atoms with E-state index in [2.05, 4.69) is 6.92 Å². The van der Waals surface area contributed by atoms with Crippen LogP contribution < -0.4 is 5.73 Å². The van der Waals surface area contributed by atoms with Crippen LogP contribution in [0.5, 0.6) is 0 Å². The molecule has 1 aliphatic carbocycles. The topological polar surface area (TPSA) is 63.4 Å². The second kappa shape index (κ2) is 3.35. The van der Waals surface area contributed by atoms with Gasteiger partial charge in [0.2, 0.25) is 11.8 Å². The normalized spacial score (nSPS) is 36.7. The van der Waals surface area contributed by atoms with Crippen molar-refractivity contribution in [3.8, 4) is 0 Å². The van der Waals surface area contributed by atoms with Gasteiger partial charge < -0.3 is 5.73 Å². The smallest absolute Gasteiger partial charge is 0.233 e. The molecule has 78 valence electrons. The number of hydrogen-bond donors (Lipinski definition) is 1. The third-order valence-corrected chi connectivity index (χ3v) is 3.32. The number of likely N-dealkylation sites (tertiary alicyclic amines) is 1. The summed E-state index contributed by atoms with van der Waals surface area (Å²) < 4.78 is 0. The predicted octanol–water partition coefficient (Wildman–Crippen LogP) is -0.0238. The third-order valence-electron chi connectivity index (χ3n) is 3.32. The number of nitrogens with zero attached hydrogens (tertiary/aromatic N) is 1. The van der Waals surface area contributed by atoms with E-state index < -0.39 is 0 Å². The summed E-state index contributed by atoms with van der Waals surface area (Å²) in [6, 6.07) is 0. The number of imide groups is 1. The summed E-state index contributed by atoms with van der Waals surface area (Å²) in [7, 11) is 0. The summed E-state index contributed by atoms with van der Waals surface area (Å²) in [5.74, 6) is 0.454. The van der Waals surface area contributed by atoms with Crippen LogP contribution in [-0.2, 0) is 9.59 Å². The van der Waals surface area contributed by atoms with E-state index in [0.717, 1.165) is 12.8 Å².